The molecule has 0 saturated heterocycles. The Balaban J connectivity index is 0.601. The standard InChI is InChI=1S/C99H74N2/c1-59-45-60(2)48-71(47-59)100-93-23-15-11-19-81(93)83-55-67(35-43-95(83)100)69-33-41-77-75-37-29-63(51-87(75)97(5,6)89(77)57-69)25-27-65-31-39-79-80-40-32-66(54-92(80)99(91(79)53-65)85-21-13-9-17-73(85)74-18-10-14-22-86(74)99)28-26-64-30-38-76-78-42-34-70(58-90(78)98(7,8)88(76)52-64)68-36-44-96-84(56-68)82-20-12-16-24-94(82)101(96)72-49-61(3)46-62(4)50-72/h9-58H,1-8H3/b27-25+,28-26+. The lowest BCUT2D eigenvalue weighted by atomic mass is 9.70. The highest BCUT2D eigenvalue weighted by atomic mass is 15.0. The van der Waals surface area contributed by atoms with E-state index >= 15 is 0 Å². The highest BCUT2D eigenvalue weighted by Crippen LogP contribution is 2.63. The fourth-order valence-electron chi connectivity index (χ4n) is 18.9. The van der Waals surface area contributed by atoms with Crippen LogP contribution in [0.2, 0.25) is 0 Å². The van der Waals surface area contributed by atoms with Gasteiger partial charge in [-0.25, -0.2) is 0 Å². The van der Waals surface area contributed by atoms with E-state index in [9.17, 15) is 0 Å². The number of nitrogens with zero attached hydrogens (tertiary/aromatic N) is 2. The zero-order valence-corrected chi connectivity index (χ0v) is 58.3. The molecule has 0 radical (unpaired) electrons. The third-order valence-electron chi connectivity index (χ3n) is 23.4. The second-order valence-electron chi connectivity index (χ2n) is 30.4. The minimum Gasteiger partial charge on any atom is -0.309 e. The maximum atomic E-state index is 2.49. The minimum atomic E-state index is -0.494. The lowest BCUT2D eigenvalue weighted by Gasteiger charge is -2.30. The van der Waals surface area contributed by atoms with Crippen LogP contribution >= 0.6 is 0 Å². The predicted molar refractivity (Wildman–Crippen MR) is 427 cm³/mol. The molecule has 14 aromatic carbocycles. The monoisotopic (exact) mass is 1290 g/mol. The molecule has 4 aliphatic carbocycles. The zero-order valence-electron chi connectivity index (χ0n) is 58.3. The van der Waals surface area contributed by atoms with Crippen molar-refractivity contribution < 1.29 is 0 Å². The summed E-state index contributed by atoms with van der Waals surface area (Å²) in [5.41, 5.74) is 42.6. The summed E-state index contributed by atoms with van der Waals surface area (Å²) in [7, 11) is 0. The predicted octanol–water partition coefficient (Wildman–Crippen LogP) is 25.7. The maximum absolute atomic E-state index is 2.49. The molecule has 2 nitrogen and oxygen atoms in total. The number of benzene rings is 14. The van der Waals surface area contributed by atoms with Crippen LogP contribution in [0.1, 0.15) is 117 Å². The van der Waals surface area contributed by atoms with Gasteiger partial charge in [0.25, 0.3) is 0 Å². The smallest absolute Gasteiger partial charge is 0.0725 e. The van der Waals surface area contributed by atoms with E-state index in [1.807, 2.05) is 0 Å². The molecule has 0 unspecified atom stereocenters. The lowest BCUT2D eigenvalue weighted by Crippen LogP contribution is -2.26. The fraction of sp³-hybridized carbons (Fsp3) is 0.111. The number of hydrogen-bond acceptors (Lipinski definition) is 0. The van der Waals surface area contributed by atoms with Crippen LogP contribution in [0.15, 0.2) is 279 Å². The van der Waals surface area contributed by atoms with Gasteiger partial charge in [-0.3, -0.25) is 0 Å². The molecule has 2 aromatic heterocycles. The quantitative estimate of drug-likeness (QED) is 0.134. The topological polar surface area (TPSA) is 9.86 Å². The second kappa shape index (κ2) is 21.6. The molecule has 480 valence electrons. The van der Waals surface area contributed by atoms with Gasteiger partial charge in [-0.1, -0.05) is 246 Å². The third-order valence-corrected chi connectivity index (χ3v) is 23.4. The Bertz CT molecular complexity index is 5950. The largest absolute Gasteiger partial charge is 0.309 e. The second-order valence-corrected chi connectivity index (χ2v) is 30.4. The van der Waals surface area contributed by atoms with Gasteiger partial charge in [0.15, 0.2) is 0 Å². The minimum absolute atomic E-state index is 0.196. The summed E-state index contributed by atoms with van der Waals surface area (Å²) in [6.45, 7) is 18.4. The van der Waals surface area contributed by atoms with Crippen LogP contribution in [0, 0.1) is 27.7 Å². The molecule has 0 N–H and O–H groups in total. The van der Waals surface area contributed by atoms with Gasteiger partial charge in [0.05, 0.1) is 27.5 Å². The first-order chi connectivity index (χ1) is 49.1. The van der Waals surface area contributed by atoms with Crippen LogP contribution in [-0.2, 0) is 16.2 Å². The van der Waals surface area contributed by atoms with E-state index in [0.29, 0.717) is 0 Å². The van der Waals surface area contributed by atoms with E-state index in [0.717, 1.165) is 0 Å². The molecule has 16 aromatic rings. The van der Waals surface area contributed by atoms with Gasteiger partial charge < -0.3 is 9.13 Å². The average molecular weight is 1290 g/mol. The molecule has 0 bridgehead atoms. The summed E-state index contributed by atoms with van der Waals surface area (Å²) in [5.74, 6) is 0. The highest BCUT2D eigenvalue weighted by Gasteiger charge is 2.52. The van der Waals surface area contributed by atoms with Crippen LogP contribution in [0.5, 0.6) is 0 Å². The van der Waals surface area contributed by atoms with Gasteiger partial charge in [0.1, 0.15) is 0 Å². The zero-order chi connectivity index (χ0) is 67.9. The molecule has 101 heavy (non-hydrogen) atoms. The number of aryl methyl sites for hydroxylation is 4. The first-order valence-electron chi connectivity index (χ1n) is 35.8. The molecule has 0 saturated carbocycles. The molecule has 2 heteroatoms. The first-order valence-corrected chi connectivity index (χ1v) is 35.8. The molecule has 20 rings (SSSR count). The van der Waals surface area contributed by atoms with Crippen LogP contribution in [0.4, 0.5) is 0 Å². The van der Waals surface area contributed by atoms with Gasteiger partial charge >= 0.3 is 0 Å². The van der Waals surface area contributed by atoms with Crippen molar-refractivity contribution in [3.05, 3.63) is 368 Å². The molecular formula is C99H74N2. The van der Waals surface area contributed by atoms with Gasteiger partial charge in [-0.15, -0.1) is 0 Å². The summed E-state index contributed by atoms with van der Waals surface area (Å²) >= 11 is 0. The van der Waals surface area contributed by atoms with Crippen molar-refractivity contribution in [2.75, 3.05) is 0 Å². The van der Waals surface area contributed by atoms with E-state index in [1.165, 1.54) is 211 Å². The molecule has 2 heterocycles. The van der Waals surface area contributed by atoms with Crippen LogP contribution in [0.25, 0.3) is 146 Å². The van der Waals surface area contributed by atoms with Crippen molar-refractivity contribution in [2.45, 2.75) is 71.6 Å². The Hall–Kier alpha value is -11.8. The number of fused-ring (bicyclic) bond motifs is 22. The van der Waals surface area contributed by atoms with E-state index in [4.69, 9.17) is 0 Å². The Morgan fingerprint density at radius 1 is 0.228 bits per heavy atom. The SMILES string of the molecule is Cc1cc(C)cc(-n2c3ccccc3c3cc(-c4ccc5c(c4)C(C)(C)c4cc(/C=C/c6ccc7c(c6)C6(c8ccccc8-c8ccccc86)c6cc(/C=C/c8ccc9c(c8)C(C)(C)c8cc(-c%10ccc%11c(c%10)c%10ccccc%10n%11-c%10cc(C)cc(C)c%10)ccc8-9)ccc6-7)ccc4-5)ccc32)c1. The van der Waals surface area contributed by atoms with Crippen molar-refractivity contribution in [1.29, 1.82) is 0 Å². The maximum Gasteiger partial charge on any atom is 0.0725 e. The van der Waals surface area contributed by atoms with Crippen molar-refractivity contribution in [3.8, 4) is 78.1 Å². The Morgan fingerprint density at radius 3 is 0.911 bits per heavy atom. The lowest BCUT2D eigenvalue weighted by molar-refractivity contribution is 0.660. The number of aromatic nitrogens is 2. The summed E-state index contributed by atoms with van der Waals surface area (Å²) < 4.78 is 4.87. The van der Waals surface area contributed by atoms with E-state index in [2.05, 4.69) is 368 Å². The fourth-order valence-corrected chi connectivity index (χ4v) is 18.9. The average Bonchev–Trinajstić information content (AvgIpc) is 1.50. The molecular weight excluding hydrogens is 1220 g/mol. The molecule has 4 aliphatic rings. The first kappa shape index (κ1) is 59.2. The molecule has 1 spiro atoms. The van der Waals surface area contributed by atoms with Crippen LogP contribution in [-0.4, -0.2) is 9.13 Å². The summed E-state index contributed by atoms with van der Waals surface area (Å²) in [5, 5.41) is 5.09. The normalized spacial score (nSPS) is 14.5. The Morgan fingerprint density at radius 2 is 0.515 bits per heavy atom. The van der Waals surface area contributed by atoms with Crippen molar-refractivity contribution in [1.82, 2.24) is 9.13 Å². The van der Waals surface area contributed by atoms with E-state index in [1.54, 1.807) is 0 Å². The molecule has 0 atom stereocenters. The van der Waals surface area contributed by atoms with Crippen LogP contribution < -0.4 is 0 Å². The van der Waals surface area contributed by atoms with Crippen molar-refractivity contribution in [2.24, 2.45) is 0 Å². The summed E-state index contributed by atoms with van der Waals surface area (Å²) in [4.78, 5) is 0. The molecule has 0 aliphatic heterocycles. The summed E-state index contributed by atoms with van der Waals surface area (Å²) in [6, 6.07) is 107. The van der Waals surface area contributed by atoms with E-state index < -0.39 is 5.41 Å². The number of rotatable bonds is 8. The number of hydrogen-bond donors (Lipinski definition) is 0. The van der Waals surface area contributed by atoms with Gasteiger partial charge in [-0.05, 0) is 268 Å². The van der Waals surface area contributed by atoms with Gasteiger partial charge in [0, 0.05) is 43.7 Å². The number of para-hydroxylation sites is 2. The third kappa shape index (κ3) is 8.71. The molecule has 0 amide bonds. The van der Waals surface area contributed by atoms with Gasteiger partial charge in [0.2, 0.25) is 0 Å². The van der Waals surface area contributed by atoms with Gasteiger partial charge in [-0.2, -0.15) is 0 Å². The van der Waals surface area contributed by atoms with Crippen molar-refractivity contribution in [3.63, 3.8) is 0 Å². The highest BCUT2D eigenvalue weighted by molar-refractivity contribution is 6.12. The van der Waals surface area contributed by atoms with E-state index in [-0.39, 0.29) is 10.8 Å². The Labute approximate surface area is 591 Å². The summed E-state index contributed by atoms with van der Waals surface area (Å²) in [6.07, 6.45) is 9.33. The van der Waals surface area contributed by atoms with Crippen LogP contribution in [0.3, 0.4) is 0 Å². The van der Waals surface area contributed by atoms with Crippen molar-refractivity contribution >= 4 is 67.9 Å². The molecule has 0 fully saturated rings. The Kier molecular flexibility index (Phi) is 12.7.